The predicted octanol–water partition coefficient (Wildman–Crippen LogP) is 2.33. The number of nitrogen functional groups attached to an aromatic ring is 2. The van der Waals surface area contributed by atoms with Gasteiger partial charge in [-0.3, -0.25) is 20.2 Å². The fourth-order valence-corrected chi connectivity index (χ4v) is 1.90. The molecule has 2 aromatic rings. The number of hydrogen-bond acceptors (Lipinski definition) is 6. The van der Waals surface area contributed by atoms with E-state index in [2.05, 4.69) is 0 Å². The zero-order valence-electron chi connectivity index (χ0n) is 10.1. The molecule has 0 fully saturated rings. The van der Waals surface area contributed by atoms with Crippen molar-refractivity contribution in [2.24, 2.45) is 0 Å². The topological polar surface area (TPSA) is 138 Å². The van der Waals surface area contributed by atoms with E-state index in [4.69, 9.17) is 11.5 Å². The standard InChI is InChI=1S/C12H10N4O4/c13-7-4-5-10(14)9(6-7)8-2-1-3-11(15(17)18)12(8)16(19)20/h1-6H,13-14H2. The summed E-state index contributed by atoms with van der Waals surface area (Å²) in [6.45, 7) is 0. The van der Waals surface area contributed by atoms with Crippen molar-refractivity contribution >= 4 is 22.7 Å². The van der Waals surface area contributed by atoms with E-state index in [-0.39, 0.29) is 11.3 Å². The predicted molar refractivity (Wildman–Crippen MR) is 74.0 cm³/mol. The molecule has 8 nitrogen and oxygen atoms in total. The molecule has 2 aromatic carbocycles. The lowest BCUT2D eigenvalue weighted by Gasteiger charge is -2.07. The maximum atomic E-state index is 11.1. The molecule has 2 rings (SSSR count). The van der Waals surface area contributed by atoms with Crippen LogP contribution in [0.25, 0.3) is 11.1 Å². The number of nitro benzene ring substituents is 2. The highest BCUT2D eigenvalue weighted by Crippen LogP contribution is 2.40. The van der Waals surface area contributed by atoms with Crippen molar-refractivity contribution in [1.29, 1.82) is 0 Å². The normalized spacial score (nSPS) is 10.2. The van der Waals surface area contributed by atoms with Crippen LogP contribution in [0.15, 0.2) is 36.4 Å². The molecule has 0 saturated carbocycles. The molecule has 0 aliphatic heterocycles. The minimum Gasteiger partial charge on any atom is -0.399 e. The van der Waals surface area contributed by atoms with Crippen molar-refractivity contribution in [2.45, 2.75) is 0 Å². The van der Waals surface area contributed by atoms with Gasteiger partial charge >= 0.3 is 11.4 Å². The first-order valence-electron chi connectivity index (χ1n) is 5.49. The summed E-state index contributed by atoms with van der Waals surface area (Å²) in [6.07, 6.45) is 0. The highest BCUT2D eigenvalue weighted by Gasteiger charge is 2.29. The van der Waals surface area contributed by atoms with Gasteiger partial charge in [0.25, 0.3) is 0 Å². The second kappa shape index (κ2) is 4.84. The third-order valence-corrected chi connectivity index (χ3v) is 2.76. The van der Waals surface area contributed by atoms with E-state index in [1.807, 2.05) is 0 Å². The van der Waals surface area contributed by atoms with Crippen LogP contribution in [-0.2, 0) is 0 Å². The van der Waals surface area contributed by atoms with Crippen LogP contribution in [0.5, 0.6) is 0 Å². The Balaban J connectivity index is 2.80. The van der Waals surface area contributed by atoms with Crippen molar-refractivity contribution in [1.82, 2.24) is 0 Å². The number of benzene rings is 2. The molecule has 4 N–H and O–H groups in total. The molecule has 0 bridgehead atoms. The minimum atomic E-state index is -0.801. The van der Waals surface area contributed by atoms with E-state index in [0.717, 1.165) is 6.07 Å². The average molecular weight is 274 g/mol. The van der Waals surface area contributed by atoms with Crippen LogP contribution in [0.1, 0.15) is 0 Å². The summed E-state index contributed by atoms with van der Waals surface area (Å²) >= 11 is 0. The summed E-state index contributed by atoms with van der Waals surface area (Å²) < 4.78 is 0. The van der Waals surface area contributed by atoms with Gasteiger partial charge in [-0.25, -0.2) is 0 Å². The Morgan fingerprint density at radius 1 is 0.900 bits per heavy atom. The molecule has 0 aliphatic rings. The van der Waals surface area contributed by atoms with Crippen molar-refractivity contribution in [3.05, 3.63) is 56.6 Å². The van der Waals surface area contributed by atoms with Gasteiger partial charge in [-0.2, -0.15) is 0 Å². The van der Waals surface area contributed by atoms with Gasteiger partial charge in [0.2, 0.25) is 0 Å². The lowest BCUT2D eigenvalue weighted by molar-refractivity contribution is -0.422. The van der Waals surface area contributed by atoms with Crippen LogP contribution in [0, 0.1) is 20.2 Å². The molecule has 0 heterocycles. The molecule has 0 saturated heterocycles. The van der Waals surface area contributed by atoms with Gasteiger partial charge in [-0.15, -0.1) is 0 Å². The van der Waals surface area contributed by atoms with Crippen LogP contribution in [0.2, 0.25) is 0 Å². The van der Waals surface area contributed by atoms with Crippen molar-refractivity contribution in [3.8, 4) is 11.1 Å². The van der Waals surface area contributed by atoms with Gasteiger partial charge in [0.05, 0.1) is 15.4 Å². The van der Waals surface area contributed by atoms with E-state index in [1.165, 1.54) is 24.3 Å². The van der Waals surface area contributed by atoms with Gasteiger partial charge in [0.1, 0.15) is 0 Å². The molecule has 0 atom stereocenters. The SMILES string of the molecule is Nc1ccc(N)c(-c2cccc([N+](=O)[O-])c2[N+](=O)[O-])c1. The average Bonchev–Trinajstić information content (AvgIpc) is 2.40. The number of nitro groups is 2. The fraction of sp³-hybridized carbons (Fsp3) is 0. The summed E-state index contributed by atoms with van der Waals surface area (Å²) in [5.74, 6) is 0. The molecule has 0 radical (unpaired) electrons. The van der Waals surface area contributed by atoms with E-state index in [1.54, 1.807) is 6.07 Å². The Kier molecular flexibility index (Phi) is 3.21. The second-order valence-electron chi connectivity index (χ2n) is 4.03. The van der Waals surface area contributed by atoms with Crippen LogP contribution < -0.4 is 11.5 Å². The van der Waals surface area contributed by atoms with Crippen LogP contribution >= 0.6 is 0 Å². The Morgan fingerprint density at radius 3 is 2.20 bits per heavy atom. The van der Waals surface area contributed by atoms with E-state index < -0.39 is 21.2 Å². The molecule has 20 heavy (non-hydrogen) atoms. The minimum absolute atomic E-state index is 0.0639. The first-order chi connectivity index (χ1) is 9.41. The van der Waals surface area contributed by atoms with Crippen LogP contribution in [0.4, 0.5) is 22.7 Å². The maximum absolute atomic E-state index is 11.1. The summed E-state index contributed by atoms with van der Waals surface area (Å²) in [6, 6.07) is 8.32. The van der Waals surface area contributed by atoms with Crippen LogP contribution in [-0.4, -0.2) is 9.85 Å². The van der Waals surface area contributed by atoms with E-state index in [0.29, 0.717) is 11.3 Å². The van der Waals surface area contributed by atoms with Gasteiger partial charge in [0.15, 0.2) is 0 Å². The molecule has 0 spiro atoms. The van der Waals surface area contributed by atoms with E-state index in [9.17, 15) is 20.2 Å². The Hall–Kier alpha value is -3.16. The first kappa shape index (κ1) is 13.3. The second-order valence-corrected chi connectivity index (χ2v) is 4.03. The number of nitrogens with zero attached hydrogens (tertiary/aromatic N) is 2. The molecule has 0 unspecified atom stereocenters. The number of rotatable bonds is 3. The molecule has 0 aromatic heterocycles. The van der Waals surface area contributed by atoms with Crippen molar-refractivity contribution < 1.29 is 9.85 Å². The zero-order chi connectivity index (χ0) is 14.9. The molecular formula is C12H10N4O4. The number of hydrogen-bond donors (Lipinski definition) is 2. The smallest absolute Gasteiger partial charge is 0.353 e. The summed E-state index contributed by atoms with van der Waals surface area (Å²) in [5.41, 5.74) is 11.2. The number of nitrogens with two attached hydrogens (primary N) is 2. The lowest BCUT2D eigenvalue weighted by atomic mass is 10.0. The summed E-state index contributed by atoms with van der Waals surface area (Å²) in [5, 5.41) is 22.1. The number of anilines is 2. The quantitative estimate of drug-likeness (QED) is 0.500. The van der Waals surface area contributed by atoms with Gasteiger partial charge in [0, 0.05) is 23.0 Å². The van der Waals surface area contributed by atoms with Gasteiger partial charge in [-0.05, 0) is 24.3 Å². The molecule has 102 valence electrons. The first-order valence-corrected chi connectivity index (χ1v) is 5.49. The summed E-state index contributed by atoms with van der Waals surface area (Å²) in [4.78, 5) is 20.5. The van der Waals surface area contributed by atoms with Gasteiger partial charge < -0.3 is 11.5 Å². The van der Waals surface area contributed by atoms with Gasteiger partial charge in [-0.1, -0.05) is 6.07 Å². The van der Waals surface area contributed by atoms with Crippen molar-refractivity contribution in [2.75, 3.05) is 11.5 Å². The number of para-hydroxylation sites is 1. The monoisotopic (exact) mass is 274 g/mol. The zero-order valence-corrected chi connectivity index (χ0v) is 10.1. The highest BCUT2D eigenvalue weighted by molar-refractivity contribution is 5.87. The molecule has 0 amide bonds. The lowest BCUT2D eigenvalue weighted by Crippen LogP contribution is -2.00. The Labute approximate surface area is 112 Å². The largest absolute Gasteiger partial charge is 0.399 e. The highest BCUT2D eigenvalue weighted by atomic mass is 16.6. The fourth-order valence-electron chi connectivity index (χ4n) is 1.90. The van der Waals surface area contributed by atoms with Crippen LogP contribution in [0.3, 0.4) is 0 Å². The molecule has 8 heteroatoms. The maximum Gasteiger partial charge on any atom is 0.353 e. The van der Waals surface area contributed by atoms with Crippen molar-refractivity contribution in [3.63, 3.8) is 0 Å². The third-order valence-electron chi connectivity index (χ3n) is 2.76. The molecule has 0 aliphatic carbocycles. The Bertz CT molecular complexity index is 715. The third kappa shape index (κ3) is 2.21. The van der Waals surface area contributed by atoms with E-state index >= 15 is 0 Å². The molecular weight excluding hydrogens is 264 g/mol. The summed E-state index contributed by atoms with van der Waals surface area (Å²) in [7, 11) is 0. The Morgan fingerprint density at radius 2 is 1.60 bits per heavy atom.